The quantitative estimate of drug-likeness (QED) is 0.522. The minimum absolute atomic E-state index is 0.0439. The Morgan fingerprint density at radius 2 is 1.97 bits per heavy atom. The molecule has 6 heteroatoms. The molecule has 3 aliphatic rings. The molecule has 2 fully saturated rings. The molecule has 1 amide bonds. The highest BCUT2D eigenvalue weighted by atomic mass is 16.6. The number of hydrogen-bond donors (Lipinski definition) is 2. The van der Waals surface area contributed by atoms with E-state index in [2.05, 4.69) is 17.1 Å². The largest absolute Gasteiger partial charge is 0.486 e. The van der Waals surface area contributed by atoms with Crippen molar-refractivity contribution in [3.63, 3.8) is 0 Å². The average molecular weight is 431 g/mol. The fourth-order valence-corrected chi connectivity index (χ4v) is 5.37. The van der Waals surface area contributed by atoms with E-state index in [4.69, 9.17) is 9.47 Å². The number of piperidine rings is 1. The molecule has 0 aromatic heterocycles. The van der Waals surface area contributed by atoms with Crippen LogP contribution in [0.3, 0.4) is 0 Å². The van der Waals surface area contributed by atoms with Gasteiger partial charge in [-0.2, -0.15) is 0 Å². The lowest BCUT2D eigenvalue weighted by Crippen LogP contribution is -2.49. The third kappa shape index (κ3) is 5.72. The van der Waals surface area contributed by atoms with Crippen molar-refractivity contribution in [2.45, 2.75) is 82.9 Å². The van der Waals surface area contributed by atoms with E-state index in [1.807, 2.05) is 18.2 Å². The number of aliphatic hydroxyl groups excluding tert-OH is 1. The number of hydrogen-bond acceptors (Lipinski definition) is 5. The first-order valence-electron chi connectivity index (χ1n) is 12.2. The summed E-state index contributed by atoms with van der Waals surface area (Å²) in [4.78, 5) is 15.2. The highest BCUT2D eigenvalue weighted by Gasteiger charge is 2.39. The topological polar surface area (TPSA) is 71.0 Å². The Kier molecular flexibility index (Phi) is 7.72. The van der Waals surface area contributed by atoms with Gasteiger partial charge in [-0.3, -0.25) is 9.69 Å². The first kappa shape index (κ1) is 22.4. The summed E-state index contributed by atoms with van der Waals surface area (Å²) in [7, 11) is 0. The second kappa shape index (κ2) is 10.7. The number of fused-ring (bicyclic) bond motifs is 3. The third-order valence-electron chi connectivity index (χ3n) is 7.10. The summed E-state index contributed by atoms with van der Waals surface area (Å²) < 4.78 is 11.3. The van der Waals surface area contributed by atoms with E-state index in [0.29, 0.717) is 43.7 Å². The van der Waals surface area contributed by atoms with Crippen molar-refractivity contribution in [1.82, 2.24) is 10.2 Å². The number of likely N-dealkylation sites (tertiary alicyclic amines) is 1. The molecule has 4 atom stereocenters. The molecule has 4 rings (SSSR count). The molecule has 172 valence electrons. The molecule has 1 saturated carbocycles. The van der Waals surface area contributed by atoms with Crippen molar-refractivity contribution in [3.05, 3.63) is 23.8 Å². The Balaban J connectivity index is 1.40. The first-order chi connectivity index (χ1) is 15.1. The van der Waals surface area contributed by atoms with Crippen molar-refractivity contribution in [3.8, 4) is 11.5 Å². The second-order valence-corrected chi connectivity index (χ2v) is 9.47. The van der Waals surface area contributed by atoms with Gasteiger partial charge in [-0.15, -0.1) is 0 Å². The minimum Gasteiger partial charge on any atom is -0.486 e. The Morgan fingerprint density at radius 1 is 1.16 bits per heavy atom. The molecular formula is C25H38N2O4. The summed E-state index contributed by atoms with van der Waals surface area (Å²) in [6.07, 6.45) is 9.18. The second-order valence-electron chi connectivity index (χ2n) is 9.47. The number of nitrogens with one attached hydrogen (secondary N) is 1. The zero-order valence-corrected chi connectivity index (χ0v) is 18.9. The summed E-state index contributed by atoms with van der Waals surface area (Å²) in [5, 5.41) is 14.4. The number of rotatable bonds is 11. The van der Waals surface area contributed by atoms with Gasteiger partial charge in [0.1, 0.15) is 19.3 Å². The molecule has 6 nitrogen and oxygen atoms in total. The van der Waals surface area contributed by atoms with Crippen LogP contribution in [0.25, 0.3) is 0 Å². The molecule has 0 radical (unpaired) electrons. The number of nitrogens with zero attached hydrogens (tertiary/aromatic N) is 1. The molecule has 1 saturated heterocycles. The number of carbonyl (C=O) groups excluding carboxylic acids is 1. The number of amides is 1. The van der Waals surface area contributed by atoms with E-state index in [9.17, 15) is 9.90 Å². The van der Waals surface area contributed by atoms with E-state index in [1.54, 1.807) is 0 Å². The van der Waals surface area contributed by atoms with Crippen LogP contribution in [0.15, 0.2) is 18.2 Å². The van der Waals surface area contributed by atoms with Crippen molar-refractivity contribution in [1.29, 1.82) is 0 Å². The number of ether oxygens (including phenoxy) is 2. The number of aliphatic hydroxyl groups is 1. The van der Waals surface area contributed by atoms with Crippen LogP contribution in [0, 0.1) is 5.92 Å². The summed E-state index contributed by atoms with van der Waals surface area (Å²) in [6.45, 7) is 5.03. The molecular weight excluding hydrogens is 392 g/mol. The monoisotopic (exact) mass is 430 g/mol. The molecule has 2 bridgehead atoms. The van der Waals surface area contributed by atoms with E-state index in [0.717, 1.165) is 30.9 Å². The van der Waals surface area contributed by atoms with Crippen LogP contribution in [-0.4, -0.2) is 54.3 Å². The van der Waals surface area contributed by atoms with Gasteiger partial charge in [0.25, 0.3) is 0 Å². The van der Waals surface area contributed by atoms with Gasteiger partial charge in [-0.05, 0) is 49.3 Å². The average Bonchev–Trinajstić information content (AvgIpc) is 3.41. The van der Waals surface area contributed by atoms with Crippen molar-refractivity contribution in [2.24, 2.45) is 5.92 Å². The number of benzene rings is 1. The van der Waals surface area contributed by atoms with E-state index in [-0.39, 0.29) is 11.9 Å². The molecule has 1 aromatic rings. The maximum absolute atomic E-state index is 12.7. The number of carbonyl (C=O) groups is 1. The van der Waals surface area contributed by atoms with E-state index >= 15 is 0 Å². The van der Waals surface area contributed by atoms with Crippen LogP contribution in [0.1, 0.15) is 76.4 Å². The van der Waals surface area contributed by atoms with E-state index in [1.165, 1.54) is 38.5 Å². The van der Waals surface area contributed by atoms with Crippen molar-refractivity contribution < 1.29 is 19.4 Å². The zero-order valence-electron chi connectivity index (χ0n) is 18.9. The predicted molar refractivity (Wildman–Crippen MR) is 120 cm³/mol. The van der Waals surface area contributed by atoms with Gasteiger partial charge >= 0.3 is 0 Å². The van der Waals surface area contributed by atoms with Crippen LogP contribution >= 0.6 is 0 Å². The molecule has 1 aliphatic carbocycles. The van der Waals surface area contributed by atoms with Gasteiger partial charge in [0.15, 0.2) is 11.5 Å². The molecule has 2 aliphatic heterocycles. The van der Waals surface area contributed by atoms with Crippen molar-refractivity contribution >= 4 is 5.91 Å². The van der Waals surface area contributed by atoms with Gasteiger partial charge in [0.2, 0.25) is 5.91 Å². The van der Waals surface area contributed by atoms with E-state index < -0.39 is 6.10 Å². The highest BCUT2D eigenvalue weighted by Crippen LogP contribution is 2.38. The smallest absolute Gasteiger partial charge is 0.220 e. The Morgan fingerprint density at radius 3 is 2.71 bits per heavy atom. The molecule has 0 spiro atoms. The molecule has 0 unspecified atom stereocenters. The lowest BCUT2D eigenvalue weighted by Gasteiger charge is -2.33. The van der Waals surface area contributed by atoms with Gasteiger partial charge in [0.05, 0.1) is 6.04 Å². The fraction of sp³-hybridized carbons (Fsp3) is 0.720. The lowest BCUT2D eigenvalue weighted by atomic mass is 9.99. The Labute approximate surface area is 186 Å². The van der Waals surface area contributed by atoms with Crippen LogP contribution in [0.5, 0.6) is 11.5 Å². The normalized spacial score (nSPS) is 24.2. The third-order valence-corrected chi connectivity index (χ3v) is 7.10. The van der Waals surface area contributed by atoms with Crippen molar-refractivity contribution in [2.75, 3.05) is 26.3 Å². The summed E-state index contributed by atoms with van der Waals surface area (Å²) in [5.74, 6) is 2.21. The SMILES string of the molecule is CCCCCCCC(=O)N[C@H](CN1C[C@@H]2CC[C@H]1C2)[C@H](O)c1ccc2c(c1)OCCO2. The maximum atomic E-state index is 12.7. The van der Waals surface area contributed by atoms with Crippen LogP contribution in [-0.2, 0) is 4.79 Å². The molecule has 2 N–H and O–H groups in total. The Bertz CT molecular complexity index is 740. The minimum atomic E-state index is -0.779. The Hall–Kier alpha value is -1.79. The summed E-state index contributed by atoms with van der Waals surface area (Å²) in [5.41, 5.74) is 0.766. The van der Waals surface area contributed by atoms with Crippen LogP contribution < -0.4 is 14.8 Å². The molecule has 2 heterocycles. The van der Waals surface area contributed by atoms with Crippen LogP contribution in [0.2, 0.25) is 0 Å². The maximum Gasteiger partial charge on any atom is 0.220 e. The predicted octanol–water partition coefficient (Wildman–Crippen LogP) is 3.82. The van der Waals surface area contributed by atoms with Crippen LogP contribution in [0.4, 0.5) is 0 Å². The first-order valence-corrected chi connectivity index (χ1v) is 12.2. The molecule has 31 heavy (non-hydrogen) atoms. The van der Waals surface area contributed by atoms with Gasteiger partial charge in [-0.25, -0.2) is 0 Å². The van der Waals surface area contributed by atoms with Gasteiger partial charge in [-0.1, -0.05) is 38.7 Å². The zero-order chi connectivity index (χ0) is 21.6. The van der Waals surface area contributed by atoms with Gasteiger partial charge < -0.3 is 19.9 Å². The molecule has 1 aromatic carbocycles. The van der Waals surface area contributed by atoms with Gasteiger partial charge in [0, 0.05) is 25.6 Å². The fourth-order valence-electron chi connectivity index (χ4n) is 5.37. The summed E-state index contributed by atoms with van der Waals surface area (Å²) >= 11 is 0. The standard InChI is InChI=1S/C25H38N2O4/c1-2-3-4-5-6-7-24(28)26-21(17-27-16-18-8-10-20(27)14-18)25(29)19-9-11-22-23(15-19)31-13-12-30-22/h9,11,15,18,20-21,25,29H,2-8,10,12-14,16-17H2,1H3,(H,26,28)/t18-,20+,21-,25-/m1/s1. The lowest BCUT2D eigenvalue weighted by molar-refractivity contribution is -0.123. The number of unbranched alkanes of at least 4 members (excludes halogenated alkanes) is 4. The summed E-state index contributed by atoms with van der Waals surface area (Å²) in [6, 6.07) is 5.88. The highest BCUT2D eigenvalue weighted by molar-refractivity contribution is 5.76.